The lowest BCUT2D eigenvalue weighted by atomic mass is 10.6. The minimum Gasteiger partial charge on any atom is -0.377 e. The van der Waals surface area contributed by atoms with Crippen LogP contribution in [0.2, 0.25) is 25.7 Å². The number of hydrogen-bond acceptors (Lipinski definition) is 4. The number of thiol groups is 1. The van der Waals surface area contributed by atoms with Crippen molar-refractivity contribution in [3.05, 3.63) is 0 Å². The molecule has 0 saturated heterocycles. The highest BCUT2D eigenvalue weighted by atomic mass is 32.1. The SMILES string of the molecule is CO[Si](CCCS)(OC)OC[Si](C)(C)C. The van der Waals surface area contributed by atoms with Crippen molar-refractivity contribution >= 4 is 29.5 Å². The Kier molecular flexibility index (Phi) is 7.39. The second kappa shape index (κ2) is 7.08. The van der Waals surface area contributed by atoms with E-state index in [0.29, 0.717) is 0 Å². The monoisotopic (exact) mass is 268 g/mol. The van der Waals surface area contributed by atoms with Crippen molar-refractivity contribution in [3.63, 3.8) is 0 Å². The predicted molar refractivity (Wildman–Crippen MR) is 72.3 cm³/mol. The molecule has 0 amide bonds. The minimum atomic E-state index is -2.39. The Balaban J connectivity index is 4.23. The van der Waals surface area contributed by atoms with Crippen molar-refractivity contribution < 1.29 is 13.3 Å². The summed E-state index contributed by atoms with van der Waals surface area (Å²) in [5.74, 6) is 0.845. The maximum absolute atomic E-state index is 5.92. The lowest BCUT2D eigenvalue weighted by molar-refractivity contribution is 0.114. The van der Waals surface area contributed by atoms with Gasteiger partial charge in [0, 0.05) is 26.5 Å². The van der Waals surface area contributed by atoms with E-state index in [1.54, 1.807) is 14.2 Å². The molecule has 0 unspecified atom stereocenters. The standard InChI is InChI=1S/C9H24O3SSi2/c1-10-15(11-2,8-6-7-13)12-9-14(3,4)5/h13H,6-9H2,1-5H3. The van der Waals surface area contributed by atoms with Crippen LogP contribution in [0, 0.1) is 0 Å². The van der Waals surface area contributed by atoms with Crippen LogP contribution < -0.4 is 0 Å². The molecule has 0 rings (SSSR count). The predicted octanol–water partition coefficient (Wildman–Crippen LogP) is 2.43. The minimum absolute atomic E-state index is 0.799. The van der Waals surface area contributed by atoms with Gasteiger partial charge in [0.05, 0.1) is 8.07 Å². The van der Waals surface area contributed by atoms with E-state index in [1.807, 2.05) is 0 Å². The van der Waals surface area contributed by atoms with Crippen molar-refractivity contribution in [1.29, 1.82) is 0 Å². The smallest absolute Gasteiger partial charge is 0.377 e. The maximum atomic E-state index is 5.92. The lowest BCUT2D eigenvalue weighted by Gasteiger charge is -2.29. The molecule has 3 nitrogen and oxygen atoms in total. The molecule has 0 aliphatic heterocycles. The number of hydrogen-bond donors (Lipinski definition) is 1. The summed E-state index contributed by atoms with van der Waals surface area (Å²) in [6, 6.07) is 0.855. The summed E-state index contributed by atoms with van der Waals surface area (Å²) in [6.45, 7) is 6.82. The fraction of sp³-hybridized carbons (Fsp3) is 1.00. The highest BCUT2D eigenvalue weighted by molar-refractivity contribution is 7.80. The van der Waals surface area contributed by atoms with Crippen LogP contribution in [0.25, 0.3) is 0 Å². The van der Waals surface area contributed by atoms with E-state index < -0.39 is 16.9 Å². The van der Waals surface area contributed by atoms with Gasteiger partial charge < -0.3 is 13.3 Å². The molecule has 15 heavy (non-hydrogen) atoms. The average Bonchev–Trinajstić information content (AvgIpc) is 2.18. The van der Waals surface area contributed by atoms with Crippen molar-refractivity contribution in [1.82, 2.24) is 0 Å². The van der Waals surface area contributed by atoms with Crippen LogP contribution in [-0.4, -0.2) is 43.1 Å². The zero-order valence-electron chi connectivity index (χ0n) is 10.5. The lowest BCUT2D eigenvalue weighted by Crippen LogP contribution is -2.47. The van der Waals surface area contributed by atoms with Gasteiger partial charge in [-0.05, 0) is 12.2 Å². The Morgan fingerprint density at radius 3 is 1.93 bits per heavy atom. The van der Waals surface area contributed by atoms with E-state index in [2.05, 4.69) is 32.3 Å². The van der Waals surface area contributed by atoms with E-state index in [1.165, 1.54) is 0 Å². The Labute approximate surface area is 101 Å². The molecule has 0 N–H and O–H groups in total. The topological polar surface area (TPSA) is 27.7 Å². The fourth-order valence-corrected chi connectivity index (χ4v) is 5.73. The highest BCUT2D eigenvalue weighted by Gasteiger charge is 2.39. The molecule has 0 aromatic carbocycles. The van der Waals surface area contributed by atoms with Crippen molar-refractivity contribution in [2.75, 3.05) is 26.2 Å². The quantitative estimate of drug-likeness (QED) is 0.541. The zero-order valence-corrected chi connectivity index (χ0v) is 13.4. The molecule has 0 saturated carbocycles. The van der Waals surface area contributed by atoms with Gasteiger partial charge in [-0.15, -0.1) is 0 Å². The van der Waals surface area contributed by atoms with Gasteiger partial charge in [0.25, 0.3) is 0 Å². The van der Waals surface area contributed by atoms with E-state index >= 15 is 0 Å². The molecular formula is C9H24O3SSi2. The molecule has 0 heterocycles. The van der Waals surface area contributed by atoms with Gasteiger partial charge in [0.2, 0.25) is 0 Å². The molecule has 0 aliphatic carbocycles. The summed E-state index contributed by atoms with van der Waals surface area (Å²) in [5.41, 5.74) is 0. The fourth-order valence-electron chi connectivity index (χ4n) is 1.10. The third-order valence-electron chi connectivity index (χ3n) is 1.99. The first-order valence-electron chi connectivity index (χ1n) is 5.24. The molecule has 0 atom stereocenters. The van der Waals surface area contributed by atoms with Crippen LogP contribution in [0.3, 0.4) is 0 Å². The Bertz CT molecular complexity index is 169. The Morgan fingerprint density at radius 2 is 1.60 bits per heavy atom. The molecule has 0 aliphatic rings. The second-order valence-corrected chi connectivity index (χ2v) is 13.6. The van der Waals surface area contributed by atoms with Crippen molar-refractivity contribution in [2.45, 2.75) is 32.1 Å². The van der Waals surface area contributed by atoms with Gasteiger partial charge in [0.15, 0.2) is 0 Å². The molecular weight excluding hydrogens is 244 g/mol. The van der Waals surface area contributed by atoms with Gasteiger partial charge in [-0.25, -0.2) is 0 Å². The van der Waals surface area contributed by atoms with Crippen LogP contribution in [-0.2, 0) is 13.3 Å². The van der Waals surface area contributed by atoms with E-state index in [4.69, 9.17) is 13.3 Å². The molecule has 0 radical (unpaired) electrons. The summed E-state index contributed by atoms with van der Waals surface area (Å²) in [7, 11) is -0.236. The summed E-state index contributed by atoms with van der Waals surface area (Å²) < 4.78 is 16.9. The Morgan fingerprint density at radius 1 is 1.07 bits per heavy atom. The maximum Gasteiger partial charge on any atom is 0.500 e. The van der Waals surface area contributed by atoms with Gasteiger partial charge in [-0.2, -0.15) is 12.6 Å². The van der Waals surface area contributed by atoms with Gasteiger partial charge in [0.1, 0.15) is 0 Å². The molecule has 0 spiro atoms. The zero-order chi connectivity index (χ0) is 11.9. The summed E-state index contributed by atoms with van der Waals surface area (Å²) in [6.07, 6.45) is 1.77. The Hall–Kier alpha value is 0.664. The van der Waals surface area contributed by atoms with Gasteiger partial charge in [-0.1, -0.05) is 19.6 Å². The first kappa shape index (κ1) is 15.7. The molecule has 0 fully saturated rings. The molecule has 0 aromatic rings. The van der Waals surface area contributed by atoms with Crippen LogP contribution in [0.5, 0.6) is 0 Å². The largest absolute Gasteiger partial charge is 0.500 e. The molecule has 92 valence electrons. The van der Waals surface area contributed by atoms with E-state index in [-0.39, 0.29) is 0 Å². The third-order valence-corrected chi connectivity index (χ3v) is 6.40. The van der Waals surface area contributed by atoms with E-state index in [0.717, 1.165) is 24.4 Å². The van der Waals surface area contributed by atoms with Crippen molar-refractivity contribution in [2.24, 2.45) is 0 Å². The van der Waals surface area contributed by atoms with Gasteiger partial charge >= 0.3 is 8.80 Å². The first-order valence-corrected chi connectivity index (χ1v) is 11.5. The van der Waals surface area contributed by atoms with Crippen molar-refractivity contribution in [3.8, 4) is 0 Å². The average molecular weight is 269 g/mol. The summed E-state index contributed by atoms with van der Waals surface area (Å²) in [4.78, 5) is 0. The van der Waals surface area contributed by atoms with Crippen LogP contribution in [0.4, 0.5) is 0 Å². The molecule has 0 bridgehead atoms. The van der Waals surface area contributed by atoms with E-state index in [9.17, 15) is 0 Å². The second-order valence-electron chi connectivity index (χ2n) is 4.77. The van der Waals surface area contributed by atoms with Gasteiger partial charge in [-0.3, -0.25) is 0 Å². The number of rotatable bonds is 8. The summed E-state index contributed by atoms with van der Waals surface area (Å²) in [5, 5.41) is 0. The first-order chi connectivity index (χ1) is 6.89. The normalized spacial score (nSPS) is 13.2. The van der Waals surface area contributed by atoms with Crippen LogP contribution >= 0.6 is 12.6 Å². The van der Waals surface area contributed by atoms with Crippen LogP contribution in [0.15, 0.2) is 0 Å². The highest BCUT2D eigenvalue weighted by Crippen LogP contribution is 2.18. The van der Waals surface area contributed by atoms with Crippen LogP contribution in [0.1, 0.15) is 6.42 Å². The molecule has 0 aromatic heterocycles. The third kappa shape index (κ3) is 6.75. The summed E-state index contributed by atoms with van der Waals surface area (Å²) >= 11 is 4.20. The molecule has 6 heteroatoms.